The quantitative estimate of drug-likeness (QED) is 0.201. The van der Waals surface area contributed by atoms with Crippen molar-refractivity contribution in [3.8, 4) is 28.5 Å². The lowest BCUT2D eigenvalue weighted by atomic mass is 10.0. The summed E-state index contributed by atoms with van der Waals surface area (Å²) < 4.78 is 44.7. The molecule has 44 heavy (non-hydrogen) atoms. The van der Waals surface area contributed by atoms with Gasteiger partial charge in [0.05, 0.1) is 17.6 Å². The predicted octanol–water partition coefficient (Wildman–Crippen LogP) is 7.38. The summed E-state index contributed by atoms with van der Waals surface area (Å²) >= 11 is 0. The molecule has 0 radical (unpaired) electrons. The second-order valence-corrected chi connectivity index (χ2v) is 11.3. The van der Waals surface area contributed by atoms with Crippen LogP contribution in [-0.4, -0.2) is 36.6 Å². The van der Waals surface area contributed by atoms with Gasteiger partial charge in [-0.2, -0.15) is 0 Å². The van der Waals surface area contributed by atoms with Crippen LogP contribution in [-0.2, 0) is 4.79 Å². The van der Waals surface area contributed by atoms with E-state index in [1.807, 2.05) is 35.8 Å². The van der Waals surface area contributed by atoms with Crippen LogP contribution in [0.5, 0.6) is 5.75 Å². The van der Waals surface area contributed by atoms with Gasteiger partial charge in [0.15, 0.2) is 5.82 Å². The van der Waals surface area contributed by atoms with Crippen molar-refractivity contribution < 1.29 is 22.7 Å². The Hall–Kier alpha value is -4.93. The number of imidazole rings is 1. The van der Waals surface area contributed by atoms with Crippen molar-refractivity contribution >= 4 is 11.9 Å². The molecule has 1 saturated carbocycles. The molecule has 226 valence electrons. The monoisotopic (exact) mass is 600 g/mol. The van der Waals surface area contributed by atoms with Gasteiger partial charge in [0.2, 0.25) is 11.9 Å². The number of carbonyl (C=O) groups is 1. The van der Waals surface area contributed by atoms with E-state index in [9.17, 15) is 18.0 Å². The molecular formula is C33H31F3N6O2. The molecule has 1 aliphatic carbocycles. The number of aromatic nitrogens is 5. The minimum absolute atomic E-state index is 0.0591. The Balaban J connectivity index is 1.07. The molecule has 11 heteroatoms. The van der Waals surface area contributed by atoms with Gasteiger partial charge in [0.1, 0.15) is 12.1 Å². The van der Waals surface area contributed by atoms with Crippen LogP contribution in [0.1, 0.15) is 46.7 Å². The van der Waals surface area contributed by atoms with E-state index in [1.54, 1.807) is 6.20 Å². The molecule has 1 aliphatic rings. The third-order valence-corrected chi connectivity index (χ3v) is 7.84. The number of carbonyl (C=O) groups excluding carboxylic acids is 1. The molecule has 2 aromatic heterocycles. The topological polar surface area (TPSA) is 86.9 Å². The van der Waals surface area contributed by atoms with Crippen molar-refractivity contribution in [1.29, 1.82) is 0 Å². The summed E-state index contributed by atoms with van der Waals surface area (Å²) in [6.07, 6.45) is -0.130. The normalized spacial score (nSPS) is 16.2. The SMILES string of the molecule is Cc1cc(C)c(-n2c(C)cnc2NC(=O)CC2CC2c2ccc(-c3ncn(-c4ccc(OC(F)(F)F)cc4)n3)cc2)c(C)c1. The molecule has 3 aromatic carbocycles. The first-order chi connectivity index (χ1) is 20.9. The Bertz CT molecular complexity index is 1800. The molecule has 0 aliphatic heterocycles. The third kappa shape index (κ3) is 6.22. The standard InChI is InChI=1S/C33H31F3N6O2/c1-19-13-20(2)30(21(3)14-19)42-22(4)17-37-32(42)39-29(43)16-25-15-28(25)23-5-7-24(8-6-23)31-38-18-41(40-31)26-9-11-27(12-10-26)44-33(34,35)36/h5-14,17-18,25,28H,15-16H2,1-4H3,(H,37,39,43). The maximum Gasteiger partial charge on any atom is 0.573 e. The van der Waals surface area contributed by atoms with E-state index in [1.165, 1.54) is 40.8 Å². The van der Waals surface area contributed by atoms with Crippen molar-refractivity contribution in [2.75, 3.05) is 5.32 Å². The minimum atomic E-state index is -4.74. The summed E-state index contributed by atoms with van der Waals surface area (Å²) in [5, 5.41) is 7.51. The van der Waals surface area contributed by atoms with Crippen molar-refractivity contribution in [1.82, 2.24) is 24.3 Å². The fraction of sp³-hybridized carbons (Fsp3) is 0.273. The highest BCUT2D eigenvalue weighted by Crippen LogP contribution is 2.49. The molecular weight excluding hydrogens is 569 g/mol. The molecule has 0 bridgehead atoms. The lowest BCUT2D eigenvalue weighted by Gasteiger charge is -2.17. The fourth-order valence-electron chi connectivity index (χ4n) is 5.83. The van der Waals surface area contributed by atoms with Crippen molar-refractivity contribution in [2.45, 2.75) is 52.8 Å². The number of hydrogen-bond acceptors (Lipinski definition) is 5. The Morgan fingerprint density at radius 2 is 1.66 bits per heavy atom. The van der Waals surface area contributed by atoms with Crippen molar-refractivity contribution in [3.05, 3.63) is 101 Å². The molecule has 1 fully saturated rings. The molecule has 2 atom stereocenters. The van der Waals surface area contributed by atoms with Crippen molar-refractivity contribution in [2.24, 2.45) is 5.92 Å². The zero-order valence-electron chi connectivity index (χ0n) is 24.7. The van der Waals surface area contributed by atoms with E-state index >= 15 is 0 Å². The van der Waals surface area contributed by atoms with Gasteiger partial charge in [-0.05, 0) is 86.9 Å². The molecule has 2 unspecified atom stereocenters. The van der Waals surface area contributed by atoms with Crippen LogP contribution >= 0.6 is 0 Å². The lowest BCUT2D eigenvalue weighted by molar-refractivity contribution is -0.274. The van der Waals surface area contributed by atoms with E-state index < -0.39 is 6.36 Å². The van der Waals surface area contributed by atoms with Crippen LogP contribution in [0.3, 0.4) is 0 Å². The maximum absolute atomic E-state index is 13.1. The number of aryl methyl sites for hydroxylation is 4. The van der Waals surface area contributed by atoms with Gasteiger partial charge < -0.3 is 4.74 Å². The summed E-state index contributed by atoms with van der Waals surface area (Å²) in [4.78, 5) is 21.9. The Morgan fingerprint density at radius 1 is 0.977 bits per heavy atom. The van der Waals surface area contributed by atoms with Gasteiger partial charge in [0, 0.05) is 17.7 Å². The second-order valence-electron chi connectivity index (χ2n) is 11.3. The summed E-state index contributed by atoms with van der Waals surface area (Å²) in [7, 11) is 0. The fourth-order valence-corrected chi connectivity index (χ4v) is 5.83. The Kier molecular flexibility index (Phi) is 7.48. The number of rotatable bonds is 8. The first kappa shape index (κ1) is 29.2. The molecule has 5 aromatic rings. The number of amides is 1. The highest BCUT2D eigenvalue weighted by molar-refractivity contribution is 5.90. The number of benzene rings is 3. The van der Waals surface area contributed by atoms with E-state index in [2.05, 4.69) is 58.0 Å². The van der Waals surface area contributed by atoms with Gasteiger partial charge in [0.25, 0.3) is 0 Å². The molecule has 0 spiro atoms. The summed E-state index contributed by atoms with van der Waals surface area (Å²) in [6.45, 7) is 8.20. The van der Waals surface area contributed by atoms with Crippen LogP contribution in [0.25, 0.3) is 22.8 Å². The number of nitrogens with zero attached hydrogens (tertiary/aromatic N) is 5. The number of halogens is 3. The second kappa shape index (κ2) is 11.3. The number of nitrogens with one attached hydrogen (secondary N) is 1. The molecule has 2 heterocycles. The smallest absolute Gasteiger partial charge is 0.406 e. The van der Waals surface area contributed by atoms with E-state index in [4.69, 9.17) is 0 Å². The third-order valence-electron chi connectivity index (χ3n) is 7.84. The van der Waals surface area contributed by atoms with E-state index in [0.29, 0.717) is 29.8 Å². The molecule has 1 N–H and O–H groups in total. The van der Waals surface area contributed by atoms with Gasteiger partial charge >= 0.3 is 6.36 Å². The van der Waals surface area contributed by atoms with Gasteiger partial charge in [-0.1, -0.05) is 42.0 Å². The van der Waals surface area contributed by atoms with Gasteiger partial charge in [-0.25, -0.2) is 14.6 Å². The average molecular weight is 601 g/mol. The lowest BCUT2D eigenvalue weighted by Crippen LogP contribution is -2.17. The molecule has 8 nitrogen and oxygen atoms in total. The summed E-state index contributed by atoms with van der Waals surface area (Å²) in [5.41, 5.74) is 7.94. The Labute approximate surface area is 252 Å². The highest BCUT2D eigenvalue weighted by Gasteiger charge is 2.39. The average Bonchev–Trinajstić information content (AvgIpc) is 3.36. The largest absolute Gasteiger partial charge is 0.573 e. The Morgan fingerprint density at radius 3 is 2.32 bits per heavy atom. The van der Waals surface area contributed by atoms with Gasteiger partial charge in [-0.15, -0.1) is 18.3 Å². The highest BCUT2D eigenvalue weighted by atomic mass is 19.4. The van der Waals surface area contributed by atoms with Crippen molar-refractivity contribution in [3.63, 3.8) is 0 Å². The zero-order valence-corrected chi connectivity index (χ0v) is 24.7. The number of ether oxygens (including phenoxy) is 1. The predicted molar refractivity (Wildman–Crippen MR) is 160 cm³/mol. The number of alkyl halides is 3. The molecule has 0 saturated heterocycles. The van der Waals surface area contributed by atoms with Gasteiger partial charge in [-0.3, -0.25) is 14.7 Å². The maximum atomic E-state index is 13.1. The summed E-state index contributed by atoms with van der Waals surface area (Å²) in [5.74, 6) is 1.19. The van der Waals surface area contributed by atoms with Crippen LogP contribution in [0.15, 0.2) is 73.2 Å². The first-order valence-electron chi connectivity index (χ1n) is 14.3. The molecule has 6 rings (SSSR count). The van der Waals surface area contributed by atoms with E-state index in [0.717, 1.165) is 40.1 Å². The van der Waals surface area contributed by atoms with Crippen LogP contribution in [0.4, 0.5) is 19.1 Å². The van der Waals surface area contributed by atoms with Crippen LogP contribution in [0, 0.1) is 33.6 Å². The number of hydrogen-bond donors (Lipinski definition) is 1. The first-order valence-corrected chi connectivity index (χ1v) is 14.3. The molecule has 1 amide bonds. The zero-order chi connectivity index (χ0) is 31.2. The minimum Gasteiger partial charge on any atom is -0.406 e. The summed E-state index contributed by atoms with van der Waals surface area (Å²) in [6, 6.07) is 17.6. The van der Waals surface area contributed by atoms with E-state index in [-0.39, 0.29) is 17.6 Å². The number of anilines is 1. The van der Waals surface area contributed by atoms with Crippen LogP contribution < -0.4 is 10.1 Å². The van der Waals surface area contributed by atoms with Crippen LogP contribution in [0.2, 0.25) is 0 Å².